The minimum Gasteiger partial charge on any atom is -0.462 e. The molecule has 0 radical (unpaired) electrons. The zero-order valence-electron chi connectivity index (χ0n) is 11.7. The molecule has 1 aliphatic carbocycles. The normalized spacial score (nSPS) is 12.6. The summed E-state index contributed by atoms with van der Waals surface area (Å²) in [4.78, 5) is 36.6. The molecule has 3 rings (SSSR count). The quantitative estimate of drug-likeness (QED) is 0.683. The van der Waals surface area contributed by atoms with Crippen molar-refractivity contribution in [3.05, 3.63) is 70.0 Å². The van der Waals surface area contributed by atoms with Gasteiger partial charge in [0.25, 0.3) is 0 Å². The minimum absolute atomic E-state index is 0.0331. The average molecular weight is 298 g/mol. The van der Waals surface area contributed by atoms with Gasteiger partial charge in [0.2, 0.25) is 0 Å². The van der Waals surface area contributed by atoms with Crippen molar-refractivity contribution in [2.45, 2.75) is 6.92 Å². The molecule has 0 amide bonds. The molecule has 110 valence electrons. The molecular formula is C17H11FO4. The van der Waals surface area contributed by atoms with E-state index in [0.717, 1.165) is 0 Å². The molecule has 0 aromatic heterocycles. The summed E-state index contributed by atoms with van der Waals surface area (Å²) in [5, 5.41) is 0. The van der Waals surface area contributed by atoms with Gasteiger partial charge in [0, 0.05) is 16.7 Å². The fraction of sp³-hybridized carbons (Fsp3) is 0.118. The lowest BCUT2D eigenvalue weighted by atomic mass is 9.83. The molecule has 4 nitrogen and oxygen atoms in total. The smallest absolute Gasteiger partial charge is 0.341 e. The lowest BCUT2D eigenvalue weighted by molar-refractivity contribution is 0.0520. The van der Waals surface area contributed by atoms with Gasteiger partial charge in [0.05, 0.1) is 17.7 Å². The molecule has 2 aromatic carbocycles. The van der Waals surface area contributed by atoms with Crippen LogP contribution in [0.2, 0.25) is 0 Å². The molecule has 0 fully saturated rings. The maximum atomic E-state index is 14.6. The van der Waals surface area contributed by atoms with Crippen LogP contribution < -0.4 is 0 Å². The third-order valence-electron chi connectivity index (χ3n) is 3.53. The molecular weight excluding hydrogens is 287 g/mol. The van der Waals surface area contributed by atoms with Crippen LogP contribution in [-0.2, 0) is 4.74 Å². The van der Waals surface area contributed by atoms with E-state index in [1.54, 1.807) is 19.1 Å². The van der Waals surface area contributed by atoms with Gasteiger partial charge in [0.15, 0.2) is 11.6 Å². The van der Waals surface area contributed by atoms with Crippen molar-refractivity contribution in [3.8, 4) is 0 Å². The van der Waals surface area contributed by atoms with Crippen LogP contribution in [0.3, 0.4) is 0 Å². The van der Waals surface area contributed by atoms with E-state index in [1.165, 1.54) is 24.3 Å². The molecule has 0 saturated heterocycles. The Labute approximate surface area is 125 Å². The Balaban J connectivity index is 2.21. The predicted octanol–water partition coefficient (Wildman–Crippen LogP) is 2.78. The number of fused-ring (bicyclic) bond motifs is 2. The Morgan fingerprint density at radius 1 is 1.00 bits per heavy atom. The average Bonchev–Trinajstić information content (AvgIpc) is 2.52. The van der Waals surface area contributed by atoms with Crippen LogP contribution >= 0.6 is 0 Å². The molecule has 2 aromatic rings. The van der Waals surface area contributed by atoms with Gasteiger partial charge in [0.1, 0.15) is 5.82 Å². The van der Waals surface area contributed by atoms with E-state index < -0.39 is 23.4 Å². The van der Waals surface area contributed by atoms with E-state index >= 15 is 0 Å². The Hall–Kier alpha value is -2.82. The molecule has 1 aliphatic rings. The number of ketones is 2. The Morgan fingerprint density at radius 3 is 2.27 bits per heavy atom. The number of carbonyl (C=O) groups is 3. The minimum atomic E-state index is -1.01. The Kier molecular flexibility index (Phi) is 3.33. The lowest BCUT2D eigenvalue weighted by Gasteiger charge is -2.18. The van der Waals surface area contributed by atoms with Gasteiger partial charge in [-0.15, -0.1) is 0 Å². The number of benzene rings is 2. The Bertz CT molecular complexity index is 823. The maximum Gasteiger partial charge on any atom is 0.341 e. The second-order valence-electron chi connectivity index (χ2n) is 4.77. The van der Waals surface area contributed by atoms with Crippen LogP contribution in [0.25, 0.3) is 0 Å². The van der Waals surface area contributed by atoms with Crippen molar-refractivity contribution in [3.63, 3.8) is 0 Å². The predicted molar refractivity (Wildman–Crippen MR) is 75.7 cm³/mol. The van der Waals surface area contributed by atoms with Crippen molar-refractivity contribution in [1.82, 2.24) is 0 Å². The molecule has 0 saturated carbocycles. The highest BCUT2D eigenvalue weighted by Gasteiger charge is 2.34. The van der Waals surface area contributed by atoms with Crippen LogP contribution in [0.5, 0.6) is 0 Å². The summed E-state index contributed by atoms with van der Waals surface area (Å²) in [6, 6.07) is 8.69. The zero-order chi connectivity index (χ0) is 15.9. The molecule has 22 heavy (non-hydrogen) atoms. The molecule has 0 aliphatic heterocycles. The first kappa shape index (κ1) is 14.1. The summed E-state index contributed by atoms with van der Waals surface area (Å²) in [6.07, 6.45) is 0. The lowest BCUT2D eigenvalue weighted by Crippen LogP contribution is -2.24. The van der Waals surface area contributed by atoms with Gasteiger partial charge in [-0.05, 0) is 19.1 Å². The van der Waals surface area contributed by atoms with E-state index in [-0.39, 0.29) is 34.4 Å². The van der Waals surface area contributed by atoms with Gasteiger partial charge in [-0.2, -0.15) is 0 Å². The summed E-state index contributed by atoms with van der Waals surface area (Å²) in [5.41, 5.74) is -0.368. The third-order valence-corrected chi connectivity index (χ3v) is 3.53. The highest BCUT2D eigenvalue weighted by atomic mass is 19.1. The number of ether oxygens (including phenoxy) is 1. The summed E-state index contributed by atoms with van der Waals surface area (Å²) in [6.45, 7) is 1.68. The topological polar surface area (TPSA) is 60.4 Å². The summed E-state index contributed by atoms with van der Waals surface area (Å²) < 4.78 is 19.3. The first-order valence-electron chi connectivity index (χ1n) is 6.74. The van der Waals surface area contributed by atoms with Crippen LogP contribution in [0.1, 0.15) is 49.1 Å². The summed E-state index contributed by atoms with van der Waals surface area (Å²) in [7, 11) is 0. The SMILES string of the molecule is CCOC(=O)c1ccc2c(c1F)C(=O)c1ccccc1C2=O. The Morgan fingerprint density at radius 2 is 1.64 bits per heavy atom. The first-order chi connectivity index (χ1) is 10.6. The largest absolute Gasteiger partial charge is 0.462 e. The van der Waals surface area contributed by atoms with Gasteiger partial charge in [-0.3, -0.25) is 9.59 Å². The molecule has 5 heteroatoms. The van der Waals surface area contributed by atoms with Crippen LogP contribution in [-0.4, -0.2) is 24.1 Å². The second kappa shape index (κ2) is 5.18. The van der Waals surface area contributed by atoms with Gasteiger partial charge in [-0.1, -0.05) is 24.3 Å². The number of hydrogen-bond acceptors (Lipinski definition) is 4. The van der Waals surface area contributed by atoms with Gasteiger partial charge >= 0.3 is 5.97 Å². The molecule has 0 unspecified atom stereocenters. The highest BCUT2D eigenvalue weighted by molar-refractivity contribution is 6.28. The molecule has 0 bridgehead atoms. The highest BCUT2D eigenvalue weighted by Crippen LogP contribution is 2.30. The number of rotatable bonds is 2. The van der Waals surface area contributed by atoms with E-state index in [1.807, 2.05) is 0 Å². The van der Waals surface area contributed by atoms with E-state index in [2.05, 4.69) is 0 Å². The van der Waals surface area contributed by atoms with E-state index in [9.17, 15) is 18.8 Å². The molecule has 0 N–H and O–H groups in total. The van der Waals surface area contributed by atoms with E-state index in [0.29, 0.717) is 0 Å². The standard InChI is InChI=1S/C17H11FO4/c1-2-22-17(21)12-8-7-11-13(14(12)18)16(20)10-6-4-3-5-9(10)15(11)19/h3-8H,2H2,1H3. The zero-order valence-corrected chi connectivity index (χ0v) is 11.7. The number of esters is 1. The fourth-order valence-corrected chi connectivity index (χ4v) is 2.51. The third kappa shape index (κ3) is 1.94. The number of carbonyl (C=O) groups excluding carboxylic acids is 3. The van der Waals surface area contributed by atoms with Crippen molar-refractivity contribution >= 4 is 17.5 Å². The van der Waals surface area contributed by atoms with Gasteiger partial charge in [-0.25, -0.2) is 9.18 Å². The van der Waals surface area contributed by atoms with Crippen LogP contribution in [0, 0.1) is 5.82 Å². The molecule has 0 atom stereocenters. The van der Waals surface area contributed by atoms with Crippen molar-refractivity contribution in [2.24, 2.45) is 0 Å². The van der Waals surface area contributed by atoms with Crippen molar-refractivity contribution < 1.29 is 23.5 Å². The monoisotopic (exact) mass is 298 g/mol. The van der Waals surface area contributed by atoms with E-state index in [4.69, 9.17) is 4.74 Å². The maximum absolute atomic E-state index is 14.6. The first-order valence-corrected chi connectivity index (χ1v) is 6.74. The molecule has 0 spiro atoms. The van der Waals surface area contributed by atoms with Crippen molar-refractivity contribution in [1.29, 1.82) is 0 Å². The van der Waals surface area contributed by atoms with Crippen LogP contribution in [0.15, 0.2) is 36.4 Å². The number of halogens is 1. The van der Waals surface area contributed by atoms with Crippen LogP contribution in [0.4, 0.5) is 4.39 Å². The summed E-state index contributed by atoms with van der Waals surface area (Å²) >= 11 is 0. The second-order valence-corrected chi connectivity index (χ2v) is 4.77. The fourth-order valence-electron chi connectivity index (χ4n) is 2.51. The molecule has 0 heterocycles. The summed E-state index contributed by atoms with van der Waals surface area (Å²) in [5.74, 6) is -2.90. The van der Waals surface area contributed by atoms with Crippen molar-refractivity contribution in [2.75, 3.05) is 6.61 Å². The van der Waals surface area contributed by atoms with Gasteiger partial charge < -0.3 is 4.74 Å². The number of hydrogen-bond donors (Lipinski definition) is 0.